The Balaban J connectivity index is 1.42. The average molecular weight is 538 g/mol. The number of anilines is 2. The summed E-state index contributed by atoms with van der Waals surface area (Å²) in [5.74, 6) is -0.199. The molecule has 0 fully saturated rings. The zero-order chi connectivity index (χ0) is 27.4. The van der Waals surface area contributed by atoms with Crippen molar-refractivity contribution in [2.45, 2.75) is 13.5 Å². The molecule has 0 aliphatic rings. The van der Waals surface area contributed by atoms with Gasteiger partial charge in [-0.3, -0.25) is 14.6 Å². The van der Waals surface area contributed by atoms with Crippen LogP contribution in [0, 0.1) is 6.92 Å². The Morgan fingerprint density at radius 3 is 2.51 bits per heavy atom. The van der Waals surface area contributed by atoms with Crippen LogP contribution in [0.2, 0.25) is 5.02 Å². The van der Waals surface area contributed by atoms with Gasteiger partial charge >= 0.3 is 0 Å². The summed E-state index contributed by atoms with van der Waals surface area (Å²) in [7, 11) is 0. The Hall–Kier alpha value is -5.02. The first kappa shape index (κ1) is 25.6. The monoisotopic (exact) mass is 537 g/mol. The molecule has 39 heavy (non-hydrogen) atoms. The van der Waals surface area contributed by atoms with E-state index in [0.717, 1.165) is 11.3 Å². The molecule has 2 amide bonds. The van der Waals surface area contributed by atoms with Crippen molar-refractivity contribution in [2.75, 3.05) is 11.1 Å². The first-order chi connectivity index (χ1) is 18.9. The standard InChI is InChI=1S/C29H24ClN7O2/c1-18-10-11-19(16-32-18)17-33-29(39)25-15-27(37(36-25)21-6-3-2-4-7-21)35-28(38)22-14-20(12-13-23(22)30)24-8-5-9-26(31)34-24/h2-16H,17H2,1H3,(H2,31,34)(H,33,39)(H,35,38). The van der Waals surface area contributed by atoms with Crippen molar-refractivity contribution in [3.05, 3.63) is 119 Å². The van der Waals surface area contributed by atoms with Crippen LogP contribution in [0.25, 0.3) is 16.9 Å². The second-order valence-corrected chi connectivity index (χ2v) is 9.16. The molecule has 0 bridgehead atoms. The number of halogens is 1. The van der Waals surface area contributed by atoms with Gasteiger partial charge in [0.25, 0.3) is 11.8 Å². The Bertz CT molecular complexity index is 1650. The molecule has 3 heterocycles. The topological polar surface area (TPSA) is 128 Å². The summed E-state index contributed by atoms with van der Waals surface area (Å²) < 4.78 is 1.50. The van der Waals surface area contributed by atoms with E-state index in [4.69, 9.17) is 17.3 Å². The van der Waals surface area contributed by atoms with E-state index in [9.17, 15) is 9.59 Å². The number of pyridine rings is 2. The third-order valence-electron chi connectivity index (χ3n) is 5.89. The van der Waals surface area contributed by atoms with Gasteiger partial charge < -0.3 is 16.4 Å². The highest BCUT2D eigenvalue weighted by molar-refractivity contribution is 6.34. The third kappa shape index (κ3) is 5.94. The number of nitrogens with zero attached hydrogens (tertiary/aromatic N) is 4. The lowest BCUT2D eigenvalue weighted by Gasteiger charge is -2.11. The summed E-state index contributed by atoms with van der Waals surface area (Å²) in [6.07, 6.45) is 1.71. The van der Waals surface area contributed by atoms with Crippen molar-refractivity contribution in [1.82, 2.24) is 25.1 Å². The molecule has 10 heteroatoms. The molecule has 0 unspecified atom stereocenters. The SMILES string of the molecule is Cc1ccc(CNC(=O)c2cc(NC(=O)c3cc(-c4cccc(N)n4)ccc3Cl)n(-c3ccccc3)n2)cn1. The molecule has 9 nitrogen and oxygen atoms in total. The number of hydrogen-bond acceptors (Lipinski definition) is 6. The Kier molecular flexibility index (Phi) is 7.33. The molecule has 0 aliphatic heterocycles. The Morgan fingerprint density at radius 2 is 1.77 bits per heavy atom. The van der Waals surface area contributed by atoms with Crippen LogP contribution in [0.3, 0.4) is 0 Å². The largest absolute Gasteiger partial charge is 0.384 e. The van der Waals surface area contributed by atoms with Crippen LogP contribution in [0.5, 0.6) is 0 Å². The van der Waals surface area contributed by atoms with Crippen LogP contribution in [0.15, 0.2) is 91.1 Å². The van der Waals surface area contributed by atoms with Gasteiger partial charge in [0, 0.05) is 30.1 Å². The zero-order valence-corrected chi connectivity index (χ0v) is 21.7. The van der Waals surface area contributed by atoms with Gasteiger partial charge in [-0.1, -0.05) is 48.0 Å². The number of amides is 2. The van der Waals surface area contributed by atoms with Gasteiger partial charge in [0.05, 0.1) is 22.0 Å². The highest BCUT2D eigenvalue weighted by atomic mass is 35.5. The summed E-state index contributed by atoms with van der Waals surface area (Å²) >= 11 is 6.40. The molecule has 0 saturated carbocycles. The molecular formula is C29H24ClN7O2. The summed E-state index contributed by atoms with van der Waals surface area (Å²) in [4.78, 5) is 34.9. The molecule has 3 aromatic heterocycles. The van der Waals surface area contributed by atoms with Gasteiger partial charge in [-0.15, -0.1) is 0 Å². The normalized spacial score (nSPS) is 10.7. The number of rotatable bonds is 7. The van der Waals surface area contributed by atoms with Crippen LogP contribution in [-0.2, 0) is 6.54 Å². The number of hydrogen-bond donors (Lipinski definition) is 3. The summed E-state index contributed by atoms with van der Waals surface area (Å²) in [6, 6.07) is 24.8. The second-order valence-electron chi connectivity index (χ2n) is 8.75. The number of nitrogens with two attached hydrogens (primary N) is 1. The van der Waals surface area contributed by atoms with Gasteiger partial charge in [-0.05, 0) is 55.0 Å². The first-order valence-corrected chi connectivity index (χ1v) is 12.4. The highest BCUT2D eigenvalue weighted by Gasteiger charge is 2.20. The van der Waals surface area contributed by atoms with Crippen LogP contribution < -0.4 is 16.4 Å². The summed E-state index contributed by atoms with van der Waals surface area (Å²) in [5.41, 5.74) is 9.89. The number of aryl methyl sites for hydroxylation is 1. The van der Waals surface area contributed by atoms with Gasteiger partial charge in [-0.25, -0.2) is 9.67 Å². The minimum Gasteiger partial charge on any atom is -0.384 e. The average Bonchev–Trinajstić information content (AvgIpc) is 3.37. The smallest absolute Gasteiger partial charge is 0.272 e. The number of carbonyl (C=O) groups excluding carboxylic acids is 2. The van der Waals surface area contributed by atoms with Crippen molar-refractivity contribution in [1.29, 1.82) is 0 Å². The number of aromatic nitrogens is 4. The van der Waals surface area contributed by atoms with E-state index >= 15 is 0 Å². The maximum atomic E-state index is 13.4. The van der Waals surface area contributed by atoms with Crippen molar-refractivity contribution in [3.63, 3.8) is 0 Å². The fourth-order valence-electron chi connectivity index (χ4n) is 3.88. The molecule has 0 radical (unpaired) electrons. The van der Waals surface area contributed by atoms with E-state index < -0.39 is 11.8 Å². The second kappa shape index (κ2) is 11.2. The molecule has 4 N–H and O–H groups in total. The molecule has 0 atom stereocenters. The Morgan fingerprint density at radius 1 is 0.949 bits per heavy atom. The fourth-order valence-corrected chi connectivity index (χ4v) is 4.08. The van der Waals surface area contributed by atoms with Crippen LogP contribution in [-0.4, -0.2) is 31.6 Å². The molecule has 5 rings (SSSR count). The molecule has 5 aromatic rings. The van der Waals surface area contributed by atoms with Gasteiger partial charge in [0.2, 0.25) is 0 Å². The van der Waals surface area contributed by atoms with Crippen LogP contribution in [0.4, 0.5) is 11.6 Å². The molecular weight excluding hydrogens is 514 g/mol. The third-order valence-corrected chi connectivity index (χ3v) is 6.22. The summed E-state index contributed by atoms with van der Waals surface area (Å²) in [5, 5.41) is 10.4. The number of benzene rings is 2. The fraction of sp³-hybridized carbons (Fsp3) is 0.0690. The Labute approximate surface area is 229 Å². The lowest BCUT2D eigenvalue weighted by atomic mass is 10.1. The lowest BCUT2D eigenvalue weighted by Crippen LogP contribution is -2.23. The van der Waals surface area contributed by atoms with Crippen LogP contribution in [0.1, 0.15) is 32.1 Å². The predicted octanol–water partition coefficient (Wildman–Crippen LogP) is 5.06. The van der Waals surface area contributed by atoms with E-state index in [1.165, 1.54) is 10.7 Å². The molecule has 2 aromatic carbocycles. The van der Waals surface area contributed by atoms with Crippen molar-refractivity contribution in [2.24, 2.45) is 0 Å². The quantitative estimate of drug-likeness (QED) is 0.266. The summed E-state index contributed by atoms with van der Waals surface area (Å²) in [6.45, 7) is 2.18. The number of para-hydroxylation sites is 1. The van der Waals surface area contributed by atoms with Crippen molar-refractivity contribution in [3.8, 4) is 16.9 Å². The number of nitrogen functional groups attached to an aromatic ring is 1. The molecule has 194 valence electrons. The minimum atomic E-state index is -0.472. The highest BCUT2D eigenvalue weighted by Crippen LogP contribution is 2.26. The maximum Gasteiger partial charge on any atom is 0.272 e. The van der Waals surface area contributed by atoms with Gasteiger partial charge in [0.1, 0.15) is 11.6 Å². The maximum absolute atomic E-state index is 13.4. The van der Waals surface area contributed by atoms with Crippen LogP contribution >= 0.6 is 11.6 Å². The van der Waals surface area contributed by atoms with Crippen molar-refractivity contribution >= 4 is 35.1 Å². The molecule has 0 saturated heterocycles. The first-order valence-electron chi connectivity index (χ1n) is 12.1. The number of carbonyl (C=O) groups is 2. The van der Waals surface area contributed by atoms with E-state index in [-0.39, 0.29) is 22.8 Å². The predicted molar refractivity (Wildman–Crippen MR) is 151 cm³/mol. The zero-order valence-electron chi connectivity index (χ0n) is 20.9. The van der Waals surface area contributed by atoms with E-state index in [0.29, 0.717) is 28.6 Å². The van der Waals surface area contributed by atoms with E-state index in [2.05, 4.69) is 25.7 Å². The van der Waals surface area contributed by atoms with Gasteiger partial charge in [-0.2, -0.15) is 5.10 Å². The lowest BCUT2D eigenvalue weighted by molar-refractivity contribution is 0.0944. The number of nitrogens with one attached hydrogen (secondary N) is 2. The van der Waals surface area contributed by atoms with E-state index in [1.54, 1.807) is 42.6 Å². The molecule has 0 spiro atoms. The van der Waals surface area contributed by atoms with Crippen molar-refractivity contribution < 1.29 is 9.59 Å². The van der Waals surface area contributed by atoms with E-state index in [1.807, 2.05) is 49.4 Å². The van der Waals surface area contributed by atoms with Gasteiger partial charge in [0.15, 0.2) is 5.69 Å². The molecule has 0 aliphatic carbocycles. The minimum absolute atomic E-state index is 0.137.